The molecule has 0 bridgehead atoms. The van der Waals surface area contributed by atoms with Crippen molar-refractivity contribution in [1.82, 2.24) is 15.1 Å². The molecule has 29 heavy (non-hydrogen) atoms. The average Bonchev–Trinajstić information content (AvgIpc) is 3.16. The molecule has 3 heterocycles. The van der Waals surface area contributed by atoms with E-state index in [1.54, 1.807) is 0 Å². The quantitative estimate of drug-likeness (QED) is 0.720. The van der Waals surface area contributed by atoms with E-state index in [2.05, 4.69) is 53.2 Å². The molecule has 162 valence electrons. The second kappa shape index (κ2) is 10.3. The van der Waals surface area contributed by atoms with Crippen molar-refractivity contribution in [3.05, 3.63) is 29.8 Å². The van der Waals surface area contributed by atoms with Gasteiger partial charge in [0.1, 0.15) is 11.9 Å². The second-order valence-corrected chi connectivity index (χ2v) is 9.66. The summed E-state index contributed by atoms with van der Waals surface area (Å²) in [5.74, 6) is 2.90. The number of piperidine rings is 2. The standard InChI is InChI=1S/C25H41N3O/c1-3-27(18-21-8-12-26-13-9-21)19-22-10-14-28(15-11-22)20(2)16-24-17-23-6-4-5-7-25(23)29-24/h4-7,20-22,24,26H,3,8-19H2,1-2H3/t20?,24-/m1/s1. The van der Waals surface area contributed by atoms with Crippen LogP contribution in [0.4, 0.5) is 0 Å². The Balaban J connectivity index is 1.18. The fourth-order valence-electron chi connectivity index (χ4n) is 5.62. The molecule has 1 aromatic carbocycles. The number of likely N-dealkylation sites (tertiary alicyclic amines) is 1. The minimum absolute atomic E-state index is 0.362. The Bertz CT molecular complexity index is 597. The number of nitrogens with one attached hydrogen (secondary N) is 1. The third-order valence-corrected chi connectivity index (χ3v) is 7.53. The van der Waals surface area contributed by atoms with E-state index >= 15 is 0 Å². The van der Waals surface area contributed by atoms with Gasteiger partial charge in [0.2, 0.25) is 0 Å². The lowest BCUT2D eigenvalue weighted by atomic mass is 9.92. The first kappa shape index (κ1) is 21.1. The Kier molecular flexibility index (Phi) is 7.49. The molecule has 1 unspecified atom stereocenters. The molecule has 0 aliphatic carbocycles. The van der Waals surface area contributed by atoms with E-state index in [4.69, 9.17) is 4.74 Å². The summed E-state index contributed by atoms with van der Waals surface area (Å²) in [6.45, 7) is 13.5. The van der Waals surface area contributed by atoms with Crippen LogP contribution < -0.4 is 10.1 Å². The molecule has 4 heteroatoms. The van der Waals surface area contributed by atoms with Crippen LogP contribution >= 0.6 is 0 Å². The van der Waals surface area contributed by atoms with Crippen molar-refractivity contribution < 1.29 is 4.74 Å². The van der Waals surface area contributed by atoms with Crippen molar-refractivity contribution in [1.29, 1.82) is 0 Å². The third kappa shape index (κ3) is 5.74. The van der Waals surface area contributed by atoms with Crippen molar-refractivity contribution in [2.24, 2.45) is 11.8 Å². The summed E-state index contributed by atoms with van der Waals surface area (Å²) in [6.07, 6.45) is 8.03. The molecule has 4 rings (SSSR count). The molecule has 1 aromatic rings. The van der Waals surface area contributed by atoms with Gasteiger partial charge in [-0.2, -0.15) is 0 Å². The molecular formula is C25H41N3O. The van der Waals surface area contributed by atoms with Crippen LogP contribution in [0.1, 0.15) is 51.5 Å². The largest absolute Gasteiger partial charge is 0.490 e. The smallest absolute Gasteiger partial charge is 0.123 e. The zero-order chi connectivity index (χ0) is 20.1. The van der Waals surface area contributed by atoms with Crippen LogP contribution in [-0.4, -0.2) is 67.8 Å². The number of ether oxygens (including phenoxy) is 1. The zero-order valence-corrected chi connectivity index (χ0v) is 18.6. The molecule has 2 saturated heterocycles. The van der Waals surface area contributed by atoms with Crippen molar-refractivity contribution in [2.75, 3.05) is 45.8 Å². The van der Waals surface area contributed by atoms with Crippen LogP contribution in [-0.2, 0) is 6.42 Å². The Labute approximate surface area is 178 Å². The van der Waals surface area contributed by atoms with E-state index in [1.807, 2.05) is 0 Å². The molecule has 1 N–H and O–H groups in total. The van der Waals surface area contributed by atoms with Gasteiger partial charge in [0.15, 0.2) is 0 Å². The number of para-hydroxylation sites is 1. The molecule has 0 spiro atoms. The maximum atomic E-state index is 6.19. The van der Waals surface area contributed by atoms with Crippen molar-refractivity contribution in [2.45, 2.75) is 64.5 Å². The molecule has 0 amide bonds. The predicted molar refractivity (Wildman–Crippen MR) is 121 cm³/mol. The number of rotatable bonds is 8. The van der Waals surface area contributed by atoms with E-state index in [9.17, 15) is 0 Å². The van der Waals surface area contributed by atoms with Crippen molar-refractivity contribution in [3.8, 4) is 5.75 Å². The summed E-state index contributed by atoms with van der Waals surface area (Å²) in [7, 11) is 0. The maximum absolute atomic E-state index is 6.19. The van der Waals surface area contributed by atoms with Gasteiger partial charge in [-0.15, -0.1) is 0 Å². The number of benzene rings is 1. The van der Waals surface area contributed by atoms with Crippen molar-refractivity contribution in [3.63, 3.8) is 0 Å². The van der Waals surface area contributed by atoms with Gasteiger partial charge in [0.25, 0.3) is 0 Å². The molecule has 0 radical (unpaired) electrons. The summed E-state index contributed by atoms with van der Waals surface area (Å²) in [5, 5.41) is 3.50. The first-order valence-corrected chi connectivity index (χ1v) is 12.1. The fraction of sp³-hybridized carbons (Fsp3) is 0.760. The Morgan fingerprint density at radius 1 is 1.07 bits per heavy atom. The van der Waals surface area contributed by atoms with Crippen LogP contribution in [0.25, 0.3) is 0 Å². The van der Waals surface area contributed by atoms with Crippen LogP contribution in [0.5, 0.6) is 5.75 Å². The number of fused-ring (bicyclic) bond motifs is 1. The van der Waals surface area contributed by atoms with Gasteiger partial charge in [0.05, 0.1) is 0 Å². The van der Waals surface area contributed by atoms with Gasteiger partial charge in [-0.1, -0.05) is 25.1 Å². The van der Waals surface area contributed by atoms with Gasteiger partial charge in [0, 0.05) is 25.6 Å². The summed E-state index contributed by atoms with van der Waals surface area (Å²) in [6, 6.07) is 9.17. The first-order valence-electron chi connectivity index (χ1n) is 12.1. The van der Waals surface area contributed by atoms with E-state index < -0.39 is 0 Å². The minimum atomic E-state index is 0.362. The van der Waals surface area contributed by atoms with Crippen LogP contribution in [0.3, 0.4) is 0 Å². The highest BCUT2D eigenvalue weighted by Gasteiger charge is 2.29. The molecular weight excluding hydrogens is 358 g/mol. The van der Waals surface area contributed by atoms with Gasteiger partial charge in [-0.05, 0) is 95.2 Å². The topological polar surface area (TPSA) is 27.7 Å². The summed E-state index contributed by atoms with van der Waals surface area (Å²) in [5.41, 5.74) is 1.39. The molecule has 0 aromatic heterocycles. The minimum Gasteiger partial charge on any atom is -0.490 e. The maximum Gasteiger partial charge on any atom is 0.123 e. The molecule has 3 aliphatic heterocycles. The summed E-state index contributed by atoms with van der Waals surface area (Å²) in [4.78, 5) is 5.45. The Morgan fingerprint density at radius 2 is 1.76 bits per heavy atom. The van der Waals surface area contributed by atoms with Crippen LogP contribution in [0.2, 0.25) is 0 Å². The molecule has 4 nitrogen and oxygen atoms in total. The SMILES string of the molecule is CCN(CC1CCNCC1)CC1CCN(C(C)C[C@@H]2Cc3ccccc3O2)CC1. The van der Waals surface area contributed by atoms with E-state index in [0.29, 0.717) is 12.1 Å². The highest BCUT2D eigenvalue weighted by atomic mass is 16.5. The lowest BCUT2D eigenvalue weighted by molar-refractivity contribution is 0.0869. The van der Waals surface area contributed by atoms with Gasteiger partial charge in [-0.25, -0.2) is 0 Å². The molecule has 0 saturated carbocycles. The highest BCUT2D eigenvalue weighted by Crippen LogP contribution is 2.31. The van der Waals surface area contributed by atoms with Gasteiger partial charge < -0.3 is 19.9 Å². The van der Waals surface area contributed by atoms with E-state index in [1.165, 1.54) is 77.1 Å². The Hall–Kier alpha value is -1.10. The fourth-order valence-corrected chi connectivity index (χ4v) is 5.62. The van der Waals surface area contributed by atoms with Gasteiger partial charge in [-0.3, -0.25) is 0 Å². The molecule has 2 fully saturated rings. The van der Waals surface area contributed by atoms with Crippen LogP contribution in [0.15, 0.2) is 24.3 Å². The zero-order valence-electron chi connectivity index (χ0n) is 18.6. The summed E-state index contributed by atoms with van der Waals surface area (Å²) >= 11 is 0. The monoisotopic (exact) mass is 399 g/mol. The van der Waals surface area contributed by atoms with Gasteiger partial charge >= 0.3 is 0 Å². The van der Waals surface area contributed by atoms with Crippen molar-refractivity contribution >= 4 is 0 Å². The Morgan fingerprint density at radius 3 is 2.45 bits per heavy atom. The van der Waals surface area contributed by atoms with Crippen LogP contribution in [0, 0.1) is 11.8 Å². The third-order valence-electron chi connectivity index (χ3n) is 7.53. The highest BCUT2D eigenvalue weighted by molar-refractivity contribution is 5.37. The first-order chi connectivity index (χ1) is 14.2. The number of hydrogen-bond acceptors (Lipinski definition) is 4. The number of hydrogen-bond donors (Lipinski definition) is 1. The number of nitrogens with zero attached hydrogens (tertiary/aromatic N) is 2. The predicted octanol–water partition coefficient (Wildman–Crippen LogP) is 3.80. The summed E-state index contributed by atoms with van der Waals surface area (Å²) < 4.78 is 6.19. The normalized spacial score (nSPS) is 25.1. The van der Waals surface area contributed by atoms with E-state index in [0.717, 1.165) is 30.4 Å². The lowest BCUT2D eigenvalue weighted by Gasteiger charge is -2.39. The second-order valence-electron chi connectivity index (χ2n) is 9.66. The molecule has 3 aliphatic rings. The molecule has 2 atom stereocenters. The lowest BCUT2D eigenvalue weighted by Crippen LogP contribution is -2.45. The van der Waals surface area contributed by atoms with E-state index in [-0.39, 0.29) is 0 Å². The average molecular weight is 400 g/mol.